The fraction of sp³-hybridized carbons (Fsp3) is 0.500. The highest BCUT2D eigenvalue weighted by Gasteiger charge is 2.33. The third kappa shape index (κ3) is 3.51. The standard InChI is InChI=1S/C12H16BrFN2O2S.ClH/c1-8-7-16(5-4-11(8)15)19(17,18)12-3-2-9(13)6-10(12)14;/h2-3,6,8,11H,4-5,7,15H2,1H3;1H. The van der Waals surface area contributed by atoms with Crippen molar-refractivity contribution in [3.8, 4) is 0 Å². The Morgan fingerprint density at radius 3 is 2.65 bits per heavy atom. The van der Waals surface area contributed by atoms with Gasteiger partial charge in [0.25, 0.3) is 0 Å². The van der Waals surface area contributed by atoms with Crippen LogP contribution >= 0.6 is 28.3 Å². The highest BCUT2D eigenvalue weighted by molar-refractivity contribution is 9.10. The van der Waals surface area contributed by atoms with Crippen LogP contribution in [0.4, 0.5) is 4.39 Å². The maximum Gasteiger partial charge on any atom is 0.245 e. The first-order chi connectivity index (χ1) is 8.82. The third-order valence-electron chi connectivity index (χ3n) is 3.45. The molecule has 1 aliphatic rings. The summed E-state index contributed by atoms with van der Waals surface area (Å²) >= 11 is 3.11. The molecule has 1 heterocycles. The molecule has 0 radical (unpaired) electrons. The van der Waals surface area contributed by atoms with E-state index in [1.807, 2.05) is 6.92 Å². The van der Waals surface area contributed by atoms with Crippen LogP contribution in [0.25, 0.3) is 0 Å². The number of sulfonamides is 1. The lowest BCUT2D eigenvalue weighted by Gasteiger charge is -2.34. The summed E-state index contributed by atoms with van der Waals surface area (Å²) in [7, 11) is -3.78. The molecule has 0 amide bonds. The lowest BCUT2D eigenvalue weighted by Crippen LogP contribution is -2.48. The first-order valence-corrected chi connectivity index (χ1v) is 8.26. The van der Waals surface area contributed by atoms with Gasteiger partial charge in [-0.3, -0.25) is 0 Å². The highest BCUT2D eigenvalue weighted by Crippen LogP contribution is 2.26. The van der Waals surface area contributed by atoms with Crippen molar-refractivity contribution in [2.45, 2.75) is 24.3 Å². The van der Waals surface area contributed by atoms with Crippen molar-refractivity contribution in [2.24, 2.45) is 11.7 Å². The van der Waals surface area contributed by atoms with Gasteiger partial charge < -0.3 is 5.73 Å². The summed E-state index contributed by atoms with van der Waals surface area (Å²) in [6, 6.07) is 3.97. The Morgan fingerprint density at radius 1 is 1.45 bits per heavy atom. The number of nitrogens with two attached hydrogens (primary N) is 1. The molecule has 20 heavy (non-hydrogen) atoms. The molecule has 1 aromatic carbocycles. The second kappa shape index (κ2) is 6.70. The van der Waals surface area contributed by atoms with Crippen molar-refractivity contribution in [3.05, 3.63) is 28.5 Å². The zero-order valence-corrected chi connectivity index (χ0v) is 14.1. The maximum atomic E-state index is 13.8. The van der Waals surface area contributed by atoms with Crippen LogP contribution in [0, 0.1) is 11.7 Å². The lowest BCUT2D eigenvalue weighted by molar-refractivity contribution is 0.249. The van der Waals surface area contributed by atoms with E-state index in [-0.39, 0.29) is 29.3 Å². The minimum absolute atomic E-state index is 0. The molecule has 4 nitrogen and oxygen atoms in total. The van der Waals surface area contributed by atoms with Gasteiger partial charge in [0.05, 0.1) is 0 Å². The van der Waals surface area contributed by atoms with E-state index in [1.54, 1.807) is 0 Å². The Bertz CT molecular complexity index is 585. The molecule has 1 aromatic rings. The Balaban J connectivity index is 0.00000200. The Morgan fingerprint density at radius 2 is 2.10 bits per heavy atom. The van der Waals surface area contributed by atoms with Crippen LogP contribution in [0.3, 0.4) is 0 Å². The predicted molar refractivity (Wildman–Crippen MR) is 81.9 cm³/mol. The quantitative estimate of drug-likeness (QED) is 0.847. The van der Waals surface area contributed by atoms with Gasteiger partial charge in [0, 0.05) is 23.6 Å². The van der Waals surface area contributed by atoms with Crippen molar-refractivity contribution in [1.82, 2.24) is 4.31 Å². The Labute approximate surface area is 133 Å². The van der Waals surface area contributed by atoms with Gasteiger partial charge in [0.2, 0.25) is 10.0 Å². The maximum absolute atomic E-state index is 13.8. The number of piperidine rings is 1. The molecule has 8 heteroatoms. The van der Waals surface area contributed by atoms with Gasteiger partial charge >= 0.3 is 0 Å². The third-order valence-corrected chi connectivity index (χ3v) is 5.84. The molecule has 0 aliphatic carbocycles. The van der Waals surface area contributed by atoms with E-state index in [2.05, 4.69) is 15.9 Å². The van der Waals surface area contributed by atoms with Gasteiger partial charge in [-0.2, -0.15) is 4.31 Å². The molecule has 1 fully saturated rings. The summed E-state index contributed by atoms with van der Waals surface area (Å²) < 4.78 is 40.4. The number of nitrogens with zero attached hydrogens (tertiary/aromatic N) is 1. The second-order valence-electron chi connectivity index (χ2n) is 4.87. The smallest absolute Gasteiger partial charge is 0.245 e. The van der Waals surface area contributed by atoms with Crippen LogP contribution in [0.1, 0.15) is 13.3 Å². The molecular weight excluding hydrogens is 371 g/mol. The lowest BCUT2D eigenvalue weighted by atomic mass is 9.96. The molecule has 1 saturated heterocycles. The van der Waals surface area contributed by atoms with E-state index in [0.717, 1.165) is 6.07 Å². The normalized spacial score (nSPS) is 24.2. The zero-order valence-electron chi connectivity index (χ0n) is 10.9. The topological polar surface area (TPSA) is 63.4 Å². The highest BCUT2D eigenvalue weighted by atomic mass is 79.9. The summed E-state index contributed by atoms with van der Waals surface area (Å²) in [6.07, 6.45) is 0.596. The first kappa shape index (κ1) is 17.8. The number of halogens is 3. The molecular formula is C12H17BrClFN2O2S. The molecule has 2 atom stereocenters. The van der Waals surface area contributed by atoms with Crippen LogP contribution < -0.4 is 5.73 Å². The molecule has 2 unspecified atom stereocenters. The monoisotopic (exact) mass is 386 g/mol. The summed E-state index contributed by atoms with van der Waals surface area (Å²) in [5.41, 5.74) is 5.87. The van der Waals surface area contributed by atoms with E-state index in [4.69, 9.17) is 5.73 Å². The minimum Gasteiger partial charge on any atom is -0.327 e. The van der Waals surface area contributed by atoms with Gasteiger partial charge in [-0.15, -0.1) is 12.4 Å². The van der Waals surface area contributed by atoms with Crippen LogP contribution in [0.5, 0.6) is 0 Å². The van der Waals surface area contributed by atoms with Gasteiger partial charge in [0.1, 0.15) is 10.7 Å². The molecule has 1 aliphatic heterocycles. The zero-order chi connectivity index (χ0) is 14.2. The summed E-state index contributed by atoms with van der Waals surface area (Å²) in [5, 5.41) is 0. The molecule has 0 aromatic heterocycles. The number of hydrogen-bond acceptors (Lipinski definition) is 3. The second-order valence-corrected chi connectivity index (χ2v) is 7.69. The van der Waals surface area contributed by atoms with Crippen molar-refractivity contribution in [1.29, 1.82) is 0 Å². The van der Waals surface area contributed by atoms with Crippen LogP contribution in [0.2, 0.25) is 0 Å². The molecule has 2 rings (SSSR count). The fourth-order valence-corrected chi connectivity index (χ4v) is 4.10. The van der Waals surface area contributed by atoms with Gasteiger partial charge in [-0.25, -0.2) is 12.8 Å². The summed E-state index contributed by atoms with van der Waals surface area (Å²) in [5.74, 6) is -0.668. The largest absolute Gasteiger partial charge is 0.327 e. The van der Waals surface area contributed by atoms with Crippen LogP contribution in [-0.4, -0.2) is 31.9 Å². The van der Waals surface area contributed by atoms with E-state index in [1.165, 1.54) is 16.4 Å². The van der Waals surface area contributed by atoms with Gasteiger partial charge in [0.15, 0.2) is 0 Å². The van der Waals surface area contributed by atoms with Crippen molar-refractivity contribution in [2.75, 3.05) is 13.1 Å². The molecule has 0 bridgehead atoms. The summed E-state index contributed by atoms with van der Waals surface area (Å²) in [4.78, 5) is -0.279. The Kier molecular flexibility index (Phi) is 5.98. The number of rotatable bonds is 2. The van der Waals surface area contributed by atoms with Gasteiger partial charge in [-0.05, 0) is 30.5 Å². The van der Waals surface area contributed by atoms with E-state index >= 15 is 0 Å². The Hall–Kier alpha value is -0.210. The fourth-order valence-electron chi connectivity index (χ4n) is 2.17. The van der Waals surface area contributed by atoms with Crippen molar-refractivity contribution in [3.63, 3.8) is 0 Å². The molecule has 0 spiro atoms. The van der Waals surface area contributed by atoms with Gasteiger partial charge in [-0.1, -0.05) is 22.9 Å². The van der Waals surface area contributed by atoms with E-state index < -0.39 is 15.8 Å². The number of hydrogen-bond donors (Lipinski definition) is 1. The van der Waals surface area contributed by atoms with E-state index in [9.17, 15) is 12.8 Å². The predicted octanol–water partition coefficient (Wildman–Crippen LogP) is 2.37. The minimum atomic E-state index is -3.78. The van der Waals surface area contributed by atoms with Crippen LogP contribution in [-0.2, 0) is 10.0 Å². The van der Waals surface area contributed by atoms with Crippen molar-refractivity contribution < 1.29 is 12.8 Å². The average molecular weight is 388 g/mol. The van der Waals surface area contributed by atoms with Crippen molar-refractivity contribution >= 4 is 38.4 Å². The molecule has 114 valence electrons. The SMILES string of the molecule is CC1CN(S(=O)(=O)c2ccc(Br)cc2F)CCC1N.Cl. The summed E-state index contributed by atoms with van der Waals surface area (Å²) in [6.45, 7) is 2.58. The van der Waals surface area contributed by atoms with E-state index in [0.29, 0.717) is 24.0 Å². The molecule has 2 N–H and O–H groups in total. The average Bonchev–Trinajstić information content (AvgIpc) is 2.32. The number of benzene rings is 1. The first-order valence-electron chi connectivity index (χ1n) is 6.03. The molecule has 0 saturated carbocycles. The van der Waals surface area contributed by atoms with Crippen LogP contribution in [0.15, 0.2) is 27.6 Å².